The van der Waals surface area contributed by atoms with Gasteiger partial charge in [-0.25, -0.2) is 4.98 Å². The summed E-state index contributed by atoms with van der Waals surface area (Å²) in [6.07, 6.45) is 7.04. The Morgan fingerprint density at radius 2 is 2.21 bits per heavy atom. The Hall–Kier alpha value is -1.49. The first-order chi connectivity index (χ1) is 6.90. The summed E-state index contributed by atoms with van der Waals surface area (Å²) >= 11 is 1.47. The second-order valence-corrected chi connectivity index (χ2v) is 3.34. The van der Waals surface area contributed by atoms with Crippen molar-refractivity contribution in [3.63, 3.8) is 0 Å². The molecule has 0 fully saturated rings. The molecule has 0 spiro atoms. The van der Waals surface area contributed by atoms with Crippen LogP contribution < -0.4 is 0 Å². The zero-order valence-electron chi connectivity index (χ0n) is 7.58. The molecule has 0 aliphatic heterocycles. The monoisotopic (exact) mass is 204 g/mol. The van der Waals surface area contributed by atoms with Gasteiger partial charge >= 0.3 is 0 Å². The van der Waals surface area contributed by atoms with E-state index in [-0.39, 0.29) is 0 Å². The Morgan fingerprint density at radius 1 is 1.29 bits per heavy atom. The molecule has 0 bridgehead atoms. The average molecular weight is 204 g/mol. The van der Waals surface area contributed by atoms with Crippen LogP contribution in [-0.2, 0) is 0 Å². The quantitative estimate of drug-likeness (QED) is 0.696. The summed E-state index contributed by atoms with van der Waals surface area (Å²) in [5.41, 5.74) is 1.76. The van der Waals surface area contributed by atoms with Gasteiger partial charge in [-0.2, -0.15) is 5.10 Å². The highest BCUT2D eigenvalue weighted by Crippen LogP contribution is 2.15. The maximum atomic E-state index is 4.31. The number of hydrogen-bond donors (Lipinski definition) is 0. The highest BCUT2D eigenvalue weighted by molar-refractivity contribution is 7.98. The second kappa shape index (κ2) is 4.15. The Balaban J connectivity index is 2.42. The number of hydrogen-bond acceptors (Lipinski definition) is 5. The maximum absolute atomic E-state index is 4.31. The van der Waals surface area contributed by atoms with Crippen molar-refractivity contribution >= 4 is 11.8 Å². The van der Waals surface area contributed by atoms with Crippen LogP contribution in [0.2, 0.25) is 0 Å². The van der Waals surface area contributed by atoms with Crippen LogP contribution in [0.5, 0.6) is 0 Å². The molecule has 0 unspecified atom stereocenters. The highest BCUT2D eigenvalue weighted by atomic mass is 32.2. The first kappa shape index (κ1) is 9.08. The fraction of sp³-hybridized carbons (Fsp3) is 0.111. The van der Waals surface area contributed by atoms with Crippen LogP contribution in [0.1, 0.15) is 0 Å². The van der Waals surface area contributed by atoms with Crippen LogP contribution in [0.4, 0.5) is 0 Å². The van der Waals surface area contributed by atoms with Crippen LogP contribution in [-0.4, -0.2) is 26.4 Å². The first-order valence-electron chi connectivity index (χ1n) is 4.04. The molecule has 0 atom stereocenters. The van der Waals surface area contributed by atoms with Crippen molar-refractivity contribution in [2.24, 2.45) is 0 Å². The zero-order chi connectivity index (χ0) is 9.80. The molecule has 0 N–H and O–H groups in total. The molecule has 4 nitrogen and oxygen atoms in total. The fourth-order valence-corrected chi connectivity index (χ4v) is 1.35. The summed E-state index contributed by atoms with van der Waals surface area (Å²) in [7, 11) is 0. The predicted molar refractivity (Wildman–Crippen MR) is 54.8 cm³/mol. The van der Waals surface area contributed by atoms with Crippen LogP contribution in [0.15, 0.2) is 35.9 Å². The molecule has 70 valence electrons. The molecular weight excluding hydrogens is 196 g/mol. The van der Waals surface area contributed by atoms with E-state index in [1.54, 1.807) is 18.6 Å². The maximum Gasteiger partial charge on any atom is 0.209 e. The largest absolute Gasteiger partial charge is 0.264 e. The molecule has 14 heavy (non-hydrogen) atoms. The van der Waals surface area contributed by atoms with Crippen LogP contribution >= 0.6 is 11.8 Å². The minimum atomic E-state index is 0.673. The van der Waals surface area contributed by atoms with Gasteiger partial charge in [0.25, 0.3) is 0 Å². The molecule has 2 heterocycles. The van der Waals surface area contributed by atoms with Gasteiger partial charge in [-0.3, -0.25) is 4.98 Å². The molecule has 0 amide bonds. The van der Waals surface area contributed by atoms with E-state index in [4.69, 9.17) is 0 Å². The Kier molecular flexibility index (Phi) is 2.69. The van der Waals surface area contributed by atoms with E-state index >= 15 is 0 Å². The molecule has 2 rings (SSSR count). The number of aromatic nitrogens is 4. The van der Waals surface area contributed by atoms with Crippen molar-refractivity contribution in [3.05, 3.63) is 30.7 Å². The van der Waals surface area contributed by atoms with Gasteiger partial charge in [-0.15, -0.1) is 5.10 Å². The van der Waals surface area contributed by atoms with E-state index in [1.165, 1.54) is 11.8 Å². The highest BCUT2D eigenvalue weighted by Gasteiger charge is 2.01. The molecule has 0 aliphatic rings. The predicted octanol–water partition coefficient (Wildman–Crippen LogP) is 1.66. The molecule has 0 saturated heterocycles. The molecule has 2 aromatic heterocycles. The van der Waals surface area contributed by atoms with Crippen LogP contribution in [0.25, 0.3) is 11.3 Å². The van der Waals surface area contributed by atoms with Gasteiger partial charge in [0, 0.05) is 18.0 Å². The topological polar surface area (TPSA) is 51.6 Å². The smallest absolute Gasteiger partial charge is 0.209 e. The molecule has 0 aromatic carbocycles. The lowest BCUT2D eigenvalue weighted by molar-refractivity contribution is 0.845. The Morgan fingerprint density at radius 3 is 2.93 bits per heavy atom. The summed E-state index contributed by atoms with van der Waals surface area (Å²) < 4.78 is 0. The fourth-order valence-electron chi connectivity index (χ4n) is 1.03. The summed E-state index contributed by atoms with van der Waals surface area (Å²) in [6, 6.07) is 3.82. The third-order valence-electron chi connectivity index (χ3n) is 1.68. The standard InChI is InChI=1S/C9H8N4S/c1-14-9-12-8(6-11-13-9)7-3-2-4-10-5-7/h2-6H,1H3. The van der Waals surface area contributed by atoms with Gasteiger partial charge in [0.15, 0.2) is 0 Å². The minimum absolute atomic E-state index is 0.673. The van der Waals surface area contributed by atoms with E-state index in [0.29, 0.717) is 5.16 Å². The van der Waals surface area contributed by atoms with Gasteiger partial charge in [0.1, 0.15) is 0 Å². The van der Waals surface area contributed by atoms with E-state index in [0.717, 1.165) is 11.3 Å². The minimum Gasteiger partial charge on any atom is -0.264 e. The van der Waals surface area contributed by atoms with Crippen molar-refractivity contribution in [1.29, 1.82) is 0 Å². The van der Waals surface area contributed by atoms with Crippen molar-refractivity contribution in [2.75, 3.05) is 6.26 Å². The number of thioether (sulfide) groups is 1. The third kappa shape index (κ3) is 1.88. The number of rotatable bonds is 2. The van der Waals surface area contributed by atoms with Gasteiger partial charge in [0.05, 0.1) is 11.9 Å². The van der Waals surface area contributed by atoms with Crippen molar-refractivity contribution < 1.29 is 0 Å². The van der Waals surface area contributed by atoms with Crippen molar-refractivity contribution in [1.82, 2.24) is 20.2 Å². The number of pyridine rings is 1. The molecule has 0 aliphatic carbocycles. The summed E-state index contributed by atoms with van der Waals surface area (Å²) in [6.45, 7) is 0. The summed E-state index contributed by atoms with van der Waals surface area (Å²) in [4.78, 5) is 8.33. The van der Waals surface area contributed by atoms with E-state index in [2.05, 4.69) is 20.2 Å². The lowest BCUT2D eigenvalue weighted by Gasteiger charge is -1.99. The van der Waals surface area contributed by atoms with E-state index in [9.17, 15) is 0 Å². The molecule has 2 aromatic rings. The van der Waals surface area contributed by atoms with E-state index in [1.807, 2.05) is 18.4 Å². The van der Waals surface area contributed by atoms with Gasteiger partial charge in [-0.05, 0) is 18.4 Å². The first-order valence-corrected chi connectivity index (χ1v) is 5.27. The number of nitrogens with zero attached hydrogens (tertiary/aromatic N) is 4. The summed E-state index contributed by atoms with van der Waals surface area (Å²) in [5.74, 6) is 0. The molecule has 5 heteroatoms. The van der Waals surface area contributed by atoms with E-state index < -0.39 is 0 Å². The van der Waals surface area contributed by atoms with Gasteiger partial charge in [0.2, 0.25) is 5.16 Å². The Labute approximate surface area is 85.8 Å². The van der Waals surface area contributed by atoms with Crippen molar-refractivity contribution in [2.45, 2.75) is 5.16 Å². The lowest BCUT2D eigenvalue weighted by Crippen LogP contribution is -1.92. The lowest BCUT2D eigenvalue weighted by atomic mass is 10.2. The molecule has 0 radical (unpaired) electrons. The Bertz CT molecular complexity index is 418. The zero-order valence-corrected chi connectivity index (χ0v) is 8.40. The van der Waals surface area contributed by atoms with Gasteiger partial charge in [-0.1, -0.05) is 11.8 Å². The van der Waals surface area contributed by atoms with Crippen LogP contribution in [0.3, 0.4) is 0 Å². The molecular formula is C9H8N4S. The summed E-state index contributed by atoms with van der Waals surface area (Å²) in [5, 5.41) is 8.41. The van der Waals surface area contributed by atoms with Crippen LogP contribution in [0, 0.1) is 0 Å². The third-order valence-corrected chi connectivity index (χ3v) is 2.22. The normalized spacial score (nSPS) is 10.1. The molecule has 0 saturated carbocycles. The van der Waals surface area contributed by atoms with Gasteiger partial charge < -0.3 is 0 Å². The van der Waals surface area contributed by atoms with Crippen molar-refractivity contribution in [3.8, 4) is 11.3 Å². The average Bonchev–Trinajstić information content (AvgIpc) is 2.30. The second-order valence-electron chi connectivity index (χ2n) is 2.57. The SMILES string of the molecule is CSc1nncc(-c2cccnc2)n1.